The fraction of sp³-hybridized carbons (Fsp3) is 0.692. The number of carbonyl (C=O) groups is 1. The van der Waals surface area contributed by atoms with Crippen molar-refractivity contribution in [1.29, 1.82) is 0 Å². The zero-order chi connectivity index (χ0) is 13.7. The number of hydrogen-bond acceptors (Lipinski definition) is 3. The van der Waals surface area contributed by atoms with Crippen molar-refractivity contribution >= 4 is 11.8 Å². The molecule has 0 aliphatic carbocycles. The Morgan fingerprint density at radius 2 is 2.26 bits per heavy atom. The second-order valence-corrected chi connectivity index (χ2v) is 4.83. The van der Waals surface area contributed by atoms with E-state index in [1.807, 2.05) is 10.7 Å². The van der Waals surface area contributed by atoms with Crippen molar-refractivity contribution in [3.8, 4) is 0 Å². The third-order valence-corrected chi connectivity index (χ3v) is 3.33. The molecule has 19 heavy (non-hydrogen) atoms. The molecule has 1 saturated heterocycles. The van der Waals surface area contributed by atoms with Gasteiger partial charge in [-0.15, -0.1) is 0 Å². The van der Waals surface area contributed by atoms with Crippen LogP contribution in [0.25, 0.3) is 0 Å². The molecule has 1 aliphatic rings. The largest absolute Gasteiger partial charge is 0.378 e. The van der Waals surface area contributed by atoms with Crippen molar-refractivity contribution in [1.82, 2.24) is 14.7 Å². The first-order valence-electron chi connectivity index (χ1n) is 6.89. The Labute approximate surface area is 113 Å². The van der Waals surface area contributed by atoms with Crippen molar-refractivity contribution in [2.45, 2.75) is 32.7 Å². The highest BCUT2D eigenvalue weighted by Crippen LogP contribution is 2.18. The molecule has 2 amide bonds. The van der Waals surface area contributed by atoms with E-state index < -0.39 is 0 Å². The molecule has 1 atom stereocenters. The molecule has 0 radical (unpaired) electrons. The van der Waals surface area contributed by atoms with Crippen LogP contribution in [0.5, 0.6) is 0 Å². The smallest absolute Gasteiger partial charge is 0.323 e. The van der Waals surface area contributed by atoms with E-state index in [-0.39, 0.29) is 6.03 Å². The summed E-state index contributed by atoms with van der Waals surface area (Å²) in [6, 6.07) is 2.05. The molecule has 1 aliphatic heterocycles. The molecule has 6 nitrogen and oxygen atoms in total. The molecule has 0 saturated carbocycles. The topological polar surface area (TPSA) is 59.4 Å². The van der Waals surface area contributed by atoms with Gasteiger partial charge in [-0.05, 0) is 13.3 Å². The van der Waals surface area contributed by atoms with Crippen LogP contribution in [0.15, 0.2) is 12.3 Å². The second kappa shape index (κ2) is 6.56. The van der Waals surface area contributed by atoms with Gasteiger partial charge in [0.25, 0.3) is 0 Å². The number of rotatable bonds is 4. The summed E-state index contributed by atoms with van der Waals surface area (Å²) in [6.45, 7) is 6.76. The Morgan fingerprint density at radius 1 is 1.53 bits per heavy atom. The summed E-state index contributed by atoms with van der Waals surface area (Å²) in [5, 5.41) is 7.22. The van der Waals surface area contributed by atoms with E-state index in [4.69, 9.17) is 4.74 Å². The molecule has 6 heteroatoms. The van der Waals surface area contributed by atoms with Gasteiger partial charge >= 0.3 is 6.03 Å². The summed E-state index contributed by atoms with van der Waals surface area (Å²) in [7, 11) is 0. The number of amides is 2. The van der Waals surface area contributed by atoms with Gasteiger partial charge in [0.2, 0.25) is 0 Å². The van der Waals surface area contributed by atoms with Crippen LogP contribution in [-0.2, 0) is 4.74 Å². The summed E-state index contributed by atoms with van der Waals surface area (Å²) in [5.74, 6) is 0.762. The van der Waals surface area contributed by atoms with Gasteiger partial charge in [0.05, 0.1) is 25.5 Å². The lowest BCUT2D eigenvalue weighted by molar-refractivity contribution is 0.0564. The summed E-state index contributed by atoms with van der Waals surface area (Å²) in [5.41, 5.74) is 0. The van der Waals surface area contributed by atoms with Crippen LogP contribution >= 0.6 is 0 Å². The average Bonchev–Trinajstić information content (AvgIpc) is 2.88. The van der Waals surface area contributed by atoms with E-state index in [1.54, 1.807) is 11.1 Å². The molecule has 2 heterocycles. The zero-order valence-corrected chi connectivity index (χ0v) is 11.6. The number of hydrogen-bond donors (Lipinski definition) is 1. The predicted molar refractivity (Wildman–Crippen MR) is 73.3 cm³/mol. The van der Waals surface area contributed by atoms with Gasteiger partial charge in [-0.3, -0.25) is 5.32 Å². The van der Waals surface area contributed by atoms with Crippen molar-refractivity contribution in [3.63, 3.8) is 0 Å². The van der Waals surface area contributed by atoms with Crippen molar-refractivity contribution in [3.05, 3.63) is 12.3 Å². The number of urea groups is 1. The summed E-state index contributed by atoms with van der Waals surface area (Å²) < 4.78 is 7.12. The lowest BCUT2D eigenvalue weighted by atomic mass is 10.2. The zero-order valence-electron chi connectivity index (χ0n) is 11.6. The van der Waals surface area contributed by atoms with Gasteiger partial charge in [-0.25, -0.2) is 9.48 Å². The number of anilines is 1. The molecule has 0 bridgehead atoms. The van der Waals surface area contributed by atoms with Crippen LogP contribution in [0.3, 0.4) is 0 Å². The lowest BCUT2D eigenvalue weighted by Gasteiger charge is -2.27. The number of morpholine rings is 1. The Kier molecular flexibility index (Phi) is 4.79. The summed E-state index contributed by atoms with van der Waals surface area (Å²) >= 11 is 0. The van der Waals surface area contributed by atoms with E-state index in [9.17, 15) is 4.79 Å². The standard InChI is InChI=1S/C13H22N4O2/c1-3-4-11(2)17-12(5-6-14-17)15-13(18)16-7-9-19-10-8-16/h5-6,11H,3-4,7-10H2,1-2H3,(H,15,18)/t11-/m0/s1. The molecule has 1 aromatic heterocycles. The first-order valence-corrected chi connectivity index (χ1v) is 6.89. The van der Waals surface area contributed by atoms with Gasteiger partial charge in [-0.2, -0.15) is 5.10 Å². The first-order chi connectivity index (χ1) is 9.22. The highest BCUT2D eigenvalue weighted by Gasteiger charge is 2.19. The maximum absolute atomic E-state index is 12.1. The van der Waals surface area contributed by atoms with E-state index in [1.165, 1.54) is 0 Å². The molecule has 1 aromatic rings. The van der Waals surface area contributed by atoms with Crippen LogP contribution in [0.4, 0.5) is 10.6 Å². The lowest BCUT2D eigenvalue weighted by Crippen LogP contribution is -2.43. The first kappa shape index (κ1) is 13.9. The number of carbonyl (C=O) groups excluding carboxylic acids is 1. The van der Waals surface area contributed by atoms with Gasteiger partial charge in [0, 0.05) is 19.2 Å². The Hall–Kier alpha value is -1.56. The van der Waals surface area contributed by atoms with Gasteiger partial charge in [0.1, 0.15) is 5.82 Å². The van der Waals surface area contributed by atoms with Crippen LogP contribution in [0.2, 0.25) is 0 Å². The van der Waals surface area contributed by atoms with Crippen molar-refractivity contribution in [2.75, 3.05) is 31.6 Å². The summed E-state index contributed by atoms with van der Waals surface area (Å²) in [6.07, 6.45) is 3.86. The van der Waals surface area contributed by atoms with Crippen LogP contribution < -0.4 is 5.32 Å². The van der Waals surface area contributed by atoms with E-state index in [2.05, 4.69) is 24.3 Å². The molecular weight excluding hydrogens is 244 g/mol. The maximum atomic E-state index is 12.1. The predicted octanol–water partition coefficient (Wildman–Crippen LogP) is 2.11. The van der Waals surface area contributed by atoms with Crippen LogP contribution in [0, 0.1) is 0 Å². The molecular formula is C13H22N4O2. The fourth-order valence-electron chi connectivity index (χ4n) is 2.26. The molecule has 0 aromatic carbocycles. The quantitative estimate of drug-likeness (QED) is 0.908. The third kappa shape index (κ3) is 3.47. The Morgan fingerprint density at radius 3 is 2.95 bits per heavy atom. The number of nitrogens with zero attached hydrogens (tertiary/aromatic N) is 3. The second-order valence-electron chi connectivity index (χ2n) is 4.83. The monoisotopic (exact) mass is 266 g/mol. The Bertz CT molecular complexity index is 413. The van der Waals surface area contributed by atoms with E-state index in [0.717, 1.165) is 18.7 Å². The highest BCUT2D eigenvalue weighted by molar-refractivity contribution is 5.88. The van der Waals surface area contributed by atoms with Crippen molar-refractivity contribution in [2.24, 2.45) is 0 Å². The minimum Gasteiger partial charge on any atom is -0.378 e. The van der Waals surface area contributed by atoms with Crippen LogP contribution in [-0.4, -0.2) is 47.0 Å². The molecule has 106 valence electrons. The van der Waals surface area contributed by atoms with Gasteiger partial charge < -0.3 is 9.64 Å². The minimum atomic E-state index is -0.0752. The SMILES string of the molecule is CCC[C@H](C)n1nccc1NC(=O)N1CCOCC1. The summed E-state index contributed by atoms with van der Waals surface area (Å²) in [4.78, 5) is 13.9. The van der Waals surface area contributed by atoms with Gasteiger partial charge in [0.15, 0.2) is 0 Å². The van der Waals surface area contributed by atoms with Crippen LogP contribution in [0.1, 0.15) is 32.7 Å². The highest BCUT2D eigenvalue weighted by atomic mass is 16.5. The number of nitrogens with one attached hydrogen (secondary N) is 1. The molecule has 2 rings (SSSR count). The van der Waals surface area contributed by atoms with Crippen molar-refractivity contribution < 1.29 is 9.53 Å². The number of aromatic nitrogens is 2. The van der Waals surface area contributed by atoms with E-state index in [0.29, 0.717) is 32.3 Å². The molecule has 0 unspecified atom stereocenters. The number of ether oxygens (including phenoxy) is 1. The average molecular weight is 266 g/mol. The minimum absolute atomic E-state index is 0.0752. The fourth-order valence-corrected chi connectivity index (χ4v) is 2.26. The molecule has 0 spiro atoms. The Balaban J connectivity index is 1.98. The van der Waals surface area contributed by atoms with Gasteiger partial charge in [-0.1, -0.05) is 13.3 Å². The molecule has 1 fully saturated rings. The normalized spacial score (nSPS) is 17.3. The maximum Gasteiger partial charge on any atom is 0.323 e. The third-order valence-electron chi connectivity index (χ3n) is 3.33. The molecule has 1 N–H and O–H groups in total. The van der Waals surface area contributed by atoms with E-state index >= 15 is 0 Å².